The number of hydrogen-bond donors (Lipinski definition) is 1. The fraction of sp³-hybridized carbons (Fsp3) is 0.875. The standard InChI is InChI=1S/C8H16OS/c1-8(2,3)7(9)5-4-6-10/h10H,4-6H2,1-3H3. The summed E-state index contributed by atoms with van der Waals surface area (Å²) in [5, 5.41) is 0. The number of carbonyl (C=O) groups is 1. The van der Waals surface area contributed by atoms with Gasteiger partial charge in [-0.2, -0.15) is 12.6 Å². The second kappa shape index (κ2) is 4.02. The van der Waals surface area contributed by atoms with Crippen molar-refractivity contribution in [3.05, 3.63) is 0 Å². The van der Waals surface area contributed by atoms with Crippen molar-refractivity contribution in [1.29, 1.82) is 0 Å². The average molecular weight is 160 g/mol. The van der Waals surface area contributed by atoms with Gasteiger partial charge in [-0.15, -0.1) is 0 Å². The van der Waals surface area contributed by atoms with Gasteiger partial charge in [0.25, 0.3) is 0 Å². The Kier molecular flexibility index (Phi) is 4.02. The molecule has 0 bridgehead atoms. The summed E-state index contributed by atoms with van der Waals surface area (Å²) in [5.74, 6) is 1.14. The third-order valence-electron chi connectivity index (χ3n) is 1.40. The molecule has 0 radical (unpaired) electrons. The van der Waals surface area contributed by atoms with Crippen molar-refractivity contribution in [3.8, 4) is 0 Å². The van der Waals surface area contributed by atoms with Crippen molar-refractivity contribution in [3.63, 3.8) is 0 Å². The van der Waals surface area contributed by atoms with E-state index in [-0.39, 0.29) is 5.41 Å². The van der Waals surface area contributed by atoms with E-state index in [0.29, 0.717) is 12.2 Å². The number of carbonyl (C=O) groups excluding carboxylic acids is 1. The van der Waals surface area contributed by atoms with E-state index in [1.54, 1.807) is 0 Å². The van der Waals surface area contributed by atoms with Gasteiger partial charge in [-0.25, -0.2) is 0 Å². The maximum absolute atomic E-state index is 11.2. The lowest BCUT2D eigenvalue weighted by atomic mass is 9.88. The minimum Gasteiger partial charge on any atom is -0.299 e. The van der Waals surface area contributed by atoms with Gasteiger partial charge >= 0.3 is 0 Å². The minimum absolute atomic E-state index is 0.164. The first kappa shape index (κ1) is 10.0. The number of hydrogen-bond acceptors (Lipinski definition) is 2. The Labute approximate surface area is 68.6 Å². The summed E-state index contributed by atoms with van der Waals surface area (Å²) in [6, 6.07) is 0. The summed E-state index contributed by atoms with van der Waals surface area (Å²) in [7, 11) is 0. The molecule has 0 aliphatic rings. The monoisotopic (exact) mass is 160 g/mol. The molecule has 0 spiro atoms. The van der Waals surface area contributed by atoms with E-state index in [4.69, 9.17) is 0 Å². The molecule has 0 amide bonds. The summed E-state index contributed by atoms with van der Waals surface area (Å²) in [6.45, 7) is 5.86. The first-order valence-electron chi connectivity index (χ1n) is 3.62. The lowest BCUT2D eigenvalue weighted by Crippen LogP contribution is -2.19. The Morgan fingerprint density at radius 3 is 2.20 bits per heavy atom. The van der Waals surface area contributed by atoms with E-state index in [1.807, 2.05) is 20.8 Å². The summed E-state index contributed by atoms with van der Waals surface area (Å²) in [5.41, 5.74) is -0.164. The predicted octanol–water partition coefficient (Wildman–Crippen LogP) is 2.31. The number of ketones is 1. The SMILES string of the molecule is CC(C)(C)C(=O)CCCS. The van der Waals surface area contributed by atoms with Gasteiger partial charge in [-0.05, 0) is 12.2 Å². The fourth-order valence-electron chi connectivity index (χ4n) is 0.615. The average Bonchev–Trinajstić information content (AvgIpc) is 1.80. The Bertz CT molecular complexity index is 113. The van der Waals surface area contributed by atoms with Crippen LogP contribution >= 0.6 is 12.6 Å². The zero-order chi connectivity index (χ0) is 8.20. The Hall–Kier alpha value is 0.0200. The van der Waals surface area contributed by atoms with Gasteiger partial charge in [-0.1, -0.05) is 20.8 Å². The molecule has 0 heterocycles. The molecule has 0 N–H and O–H groups in total. The first-order valence-corrected chi connectivity index (χ1v) is 4.26. The molecular weight excluding hydrogens is 144 g/mol. The van der Waals surface area contributed by atoms with Crippen molar-refractivity contribution < 1.29 is 4.79 Å². The van der Waals surface area contributed by atoms with Crippen molar-refractivity contribution in [2.24, 2.45) is 5.41 Å². The van der Waals surface area contributed by atoms with Gasteiger partial charge in [-0.3, -0.25) is 4.79 Å². The smallest absolute Gasteiger partial charge is 0.138 e. The summed E-state index contributed by atoms with van der Waals surface area (Å²) >= 11 is 4.04. The van der Waals surface area contributed by atoms with Crippen molar-refractivity contribution in [1.82, 2.24) is 0 Å². The zero-order valence-electron chi connectivity index (χ0n) is 6.98. The molecule has 0 unspecified atom stereocenters. The fourth-order valence-corrected chi connectivity index (χ4v) is 0.773. The Morgan fingerprint density at radius 2 is 1.90 bits per heavy atom. The van der Waals surface area contributed by atoms with E-state index in [9.17, 15) is 4.79 Å². The number of rotatable bonds is 3. The zero-order valence-corrected chi connectivity index (χ0v) is 7.87. The third kappa shape index (κ3) is 3.94. The van der Waals surface area contributed by atoms with Gasteiger partial charge in [0.1, 0.15) is 5.78 Å². The van der Waals surface area contributed by atoms with Crippen LogP contribution in [0.15, 0.2) is 0 Å². The molecule has 60 valence electrons. The van der Waals surface area contributed by atoms with E-state index < -0.39 is 0 Å². The number of Topliss-reactive ketones (excluding diaryl/α,β-unsaturated/α-hetero) is 1. The number of thiol groups is 1. The molecule has 0 aliphatic heterocycles. The highest BCUT2D eigenvalue weighted by Crippen LogP contribution is 2.17. The maximum atomic E-state index is 11.2. The largest absolute Gasteiger partial charge is 0.299 e. The van der Waals surface area contributed by atoms with Crippen LogP contribution in [0.4, 0.5) is 0 Å². The minimum atomic E-state index is -0.164. The Morgan fingerprint density at radius 1 is 1.40 bits per heavy atom. The van der Waals surface area contributed by atoms with Crippen LogP contribution < -0.4 is 0 Å². The maximum Gasteiger partial charge on any atom is 0.138 e. The van der Waals surface area contributed by atoms with E-state index in [1.165, 1.54) is 0 Å². The van der Waals surface area contributed by atoms with Crippen molar-refractivity contribution in [2.45, 2.75) is 33.6 Å². The van der Waals surface area contributed by atoms with Crippen LogP contribution in [0.25, 0.3) is 0 Å². The van der Waals surface area contributed by atoms with E-state index in [0.717, 1.165) is 12.2 Å². The highest BCUT2D eigenvalue weighted by atomic mass is 32.1. The highest BCUT2D eigenvalue weighted by molar-refractivity contribution is 7.80. The molecule has 0 atom stereocenters. The summed E-state index contributed by atoms with van der Waals surface area (Å²) < 4.78 is 0. The molecule has 10 heavy (non-hydrogen) atoms. The topological polar surface area (TPSA) is 17.1 Å². The summed E-state index contributed by atoms with van der Waals surface area (Å²) in [4.78, 5) is 11.2. The van der Waals surface area contributed by atoms with Gasteiger partial charge in [0.2, 0.25) is 0 Å². The van der Waals surface area contributed by atoms with Crippen molar-refractivity contribution in [2.75, 3.05) is 5.75 Å². The molecular formula is C8H16OS. The van der Waals surface area contributed by atoms with Crippen LogP contribution in [-0.4, -0.2) is 11.5 Å². The molecule has 0 fully saturated rings. The van der Waals surface area contributed by atoms with Gasteiger partial charge < -0.3 is 0 Å². The molecule has 0 aliphatic carbocycles. The van der Waals surface area contributed by atoms with E-state index in [2.05, 4.69) is 12.6 Å². The predicted molar refractivity (Wildman–Crippen MR) is 47.5 cm³/mol. The lowest BCUT2D eigenvalue weighted by molar-refractivity contribution is -0.126. The molecule has 0 rings (SSSR count). The second-order valence-corrected chi connectivity index (χ2v) is 3.95. The van der Waals surface area contributed by atoms with Crippen LogP contribution in [0, 0.1) is 5.41 Å². The molecule has 1 nitrogen and oxygen atoms in total. The van der Waals surface area contributed by atoms with Gasteiger partial charge in [0, 0.05) is 11.8 Å². The lowest BCUT2D eigenvalue weighted by Gasteiger charge is -2.15. The van der Waals surface area contributed by atoms with Crippen LogP contribution in [0.2, 0.25) is 0 Å². The molecule has 0 aromatic heterocycles. The van der Waals surface area contributed by atoms with Crippen LogP contribution in [-0.2, 0) is 4.79 Å². The highest BCUT2D eigenvalue weighted by Gasteiger charge is 2.19. The Balaban J connectivity index is 3.64. The van der Waals surface area contributed by atoms with Crippen LogP contribution in [0.1, 0.15) is 33.6 Å². The van der Waals surface area contributed by atoms with Crippen molar-refractivity contribution >= 4 is 18.4 Å². The quantitative estimate of drug-likeness (QED) is 0.627. The van der Waals surface area contributed by atoms with Crippen LogP contribution in [0.5, 0.6) is 0 Å². The van der Waals surface area contributed by atoms with E-state index >= 15 is 0 Å². The normalized spacial score (nSPS) is 11.6. The van der Waals surface area contributed by atoms with Crippen LogP contribution in [0.3, 0.4) is 0 Å². The summed E-state index contributed by atoms with van der Waals surface area (Å²) in [6.07, 6.45) is 1.58. The molecule has 0 saturated heterocycles. The third-order valence-corrected chi connectivity index (χ3v) is 1.71. The molecule has 0 aromatic carbocycles. The second-order valence-electron chi connectivity index (χ2n) is 3.50. The first-order chi connectivity index (χ1) is 4.48. The molecule has 0 aromatic rings. The van der Waals surface area contributed by atoms with Gasteiger partial charge in [0.15, 0.2) is 0 Å². The van der Waals surface area contributed by atoms with Gasteiger partial charge in [0.05, 0.1) is 0 Å². The molecule has 0 saturated carbocycles. The molecule has 2 heteroatoms.